The summed E-state index contributed by atoms with van der Waals surface area (Å²) < 4.78 is 5.91. The van der Waals surface area contributed by atoms with Crippen molar-refractivity contribution in [3.05, 3.63) is 24.7 Å². The van der Waals surface area contributed by atoms with Crippen molar-refractivity contribution in [2.45, 2.75) is 232 Å². The van der Waals surface area contributed by atoms with Crippen LogP contribution in [0.3, 0.4) is 0 Å². The van der Waals surface area contributed by atoms with Gasteiger partial charge in [0, 0.05) is 12.8 Å². The standard InChI is InChI=1S/C40H78O/c1-5-7-9-11-13-15-17-19-21-23-25-27-29-31-33-35-37-39(3)41-40(4)38-36-34-32-30-28-26-24-22-20-18-16-14-12-10-8-6-2/h3-38H2,1-2H3. The Bertz CT molecular complexity index is 475. The lowest BCUT2D eigenvalue weighted by molar-refractivity contribution is 0.274. The molecule has 0 N–H and O–H groups in total. The van der Waals surface area contributed by atoms with E-state index in [1.807, 2.05) is 0 Å². The van der Waals surface area contributed by atoms with Gasteiger partial charge in [0.2, 0.25) is 0 Å². The molecule has 0 bridgehead atoms. The van der Waals surface area contributed by atoms with Crippen molar-refractivity contribution < 1.29 is 4.74 Å². The van der Waals surface area contributed by atoms with Crippen LogP contribution in [0.15, 0.2) is 24.7 Å². The molecule has 244 valence electrons. The van der Waals surface area contributed by atoms with E-state index in [0.717, 1.165) is 24.4 Å². The number of hydrogen-bond acceptors (Lipinski definition) is 1. The lowest BCUT2D eigenvalue weighted by Gasteiger charge is -2.11. The van der Waals surface area contributed by atoms with Gasteiger partial charge < -0.3 is 4.74 Å². The second-order valence-electron chi connectivity index (χ2n) is 13.3. The molecule has 0 aromatic heterocycles. The number of unbranched alkanes of at least 4 members (excludes halogenated alkanes) is 30. The Kier molecular flexibility index (Phi) is 34.9. The first kappa shape index (κ1) is 40.3. The Morgan fingerprint density at radius 2 is 0.463 bits per heavy atom. The summed E-state index contributed by atoms with van der Waals surface area (Å²) in [5.41, 5.74) is 0. The van der Waals surface area contributed by atoms with Crippen LogP contribution in [0.1, 0.15) is 232 Å². The molecule has 0 fully saturated rings. The summed E-state index contributed by atoms with van der Waals surface area (Å²) in [6.07, 6.45) is 47.2. The first-order chi connectivity index (χ1) is 20.2. The summed E-state index contributed by atoms with van der Waals surface area (Å²) in [4.78, 5) is 0. The molecule has 0 heterocycles. The van der Waals surface area contributed by atoms with Crippen LogP contribution >= 0.6 is 0 Å². The molecule has 0 unspecified atom stereocenters. The van der Waals surface area contributed by atoms with E-state index in [9.17, 15) is 0 Å². The molecule has 0 spiro atoms. The fourth-order valence-electron chi connectivity index (χ4n) is 6.05. The molecule has 0 aliphatic rings. The Morgan fingerprint density at radius 1 is 0.293 bits per heavy atom. The van der Waals surface area contributed by atoms with E-state index in [2.05, 4.69) is 27.0 Å². The monoisotopic (exact) mass is 575 g/mol. The number of hydrogen-bond donors (Lipinski definition) is 0. The Hall–Kier alpha value is -0.720. The normalized spacial score (nSPS) is 11.3. The molecule has 0 amide bonds. The summed E-state index contributed by atoms with van der Waals surface area (Å²) in [5, 5.41) is 0. The lowest BCUT2D eigenvalue weighted by Crippen LogP contribution is -1.93. The smallest absolute Gasteiger partial charge is 0.0964 e. The molecule has 0 saturated carbocycles. The summed E-state index contributed by atoms with van der Waals surface area (Å²) in [6.45, 7) is 12.9. The van der Waals surface area contributed by atoms with Crippen molar-refractivity contribution in [1.29, 1.82) is 0 Å². The quantitative estimate of drug-likeness (QED) is 0.0534. The van der Waals surface area contributed by atoms with Gasteiger partial charge in [-0.25, -0.2) is 0 Å². The molecule has 0 rings (SSSR count). The van der Waals surface area contributed by atoms with Gasteiger partial charge in [0.25, 0.3) is 0 Å². The maximum Gasteiger partial charge on any atom is 0.0964 e. The lowest BCUT2D eigenvalue weighted by atomic mass is 10.0. The minimum Gasteiger partial charge on any atom is -0.467 e. The van der Waals surface area contributed by atoms with E-state index < -0.39 is 0 Å². The average molecular weight is 575 g/mol. The van der Waals surface area contributed by atoms with Crippen LogP contribution in [0, 0.1) is 0 Å². The molecule has 41 heavy (non-hydrogen) atoms. The van der Waals surface area contributed by atoms with Crippen molar-refractivity contribution in [2.24, 2.45) is 0 Å². The third kappa shape index (κ3) is 35.4. The maximum absolute atomic E-state index is 5.91. The first-order valence-corrected chi connectivity index (χ1v) is 19.2. The van der Waals surface area contributed by atoms with E-state index >= 15 is 0 Å². The summed E-state index contributed by atoms with van der Waals surface area (Å²) in [6, 6.07) is 0. The number of rotatable bonds is 36. The zero-order chi connectivity index (χ0) is 29.9. The van der Waals surface area contributed by atoms with Crippen molar-refractivity contribution >= 4 is 0 Å². The minimum absolute atomic E-state index is 0.928. The maximum atomic E-state index is 5.91. The largest absolute Gasteiger partial charge is 0.467 e. The Balaban J connectivity index is 3.27. The van der Waals surface area contributed by atoms with Crippen molar-refractivity contribution in [3.8, 4) is 0 Å². The predicted molar refractivity (Wildman–Crippen MR) is 188 cm³/mol. The van der Waals surface area contributed by atoms with Gasteiger partial charge in [-0.1, -0.05) is 220 Å². The fourth-order valence-corrected chi connectivity index (χ4v) is 6.05. The molecular weight excluding hydrogens is 496 g/mol. The molecule has 0 atom stereocenters. The molecule has 0 aliphatic carbocycles. The van der Waals surface area contributed by atoms with E-state index in [-0.39, 0.29) is 0 Å². The van der Waals surface area contributed by atoms with Gasteiger partial charge in [-0.2, -0.15) is 0 Å². The Labute approximate surface area is 261 Å². The third-order valence-corrected chi connectivity index (χ3v) is 8.91. The molecule has 1 nitrogen and oxygen atoms in total. The van der Waals surface area contributed by atoms with Gasteiger partial charge >= 0.3 is 0 Å². The first-order valence-electron chi connectivity index (χ1n) is 19.2. The number of allylic oxidation sites excluding steroid dienone is 2. The van der Waals surface area contributed by atoms with E-state index in [4.69, 9.17) is 4.74 Å². The Morgan fingerprint density at radius 3 is 0.659 bits per heavy atom. The zero-order valence-corrected chi connectivity index (χ0v) is 28.9. The van der Waals surface area contributed by atoms with Gasteiger partial charge in [0.15, 0.2) is 0 Å². The van der Waals surface area contributed by atoms with Crippen LogP contribution in [0.2, 0.25) is 0 Å². The second-order valence-corrected chi connectivity index (χ2v) is 13.3. The number of ether oxygens (including phenoxy) is 1. The van der Waals surface area contributed by atoms with Crippen LogP contribution in [0.5, 0.6) is 0 Å². The molecule has 0 aromatic carbocycles. The molecule has 0 aromatic rings. The van der Waals surface area contributed by atoms with Gasteiger partial charge in [-0.15, -0.1) is 0 Å². The van der Waals surface area contributed by atoms with E-state index in [1.165, 1.54) is 205 Å². The van der Waals surface area contributed by atoms with Gasteiger partial charge in [0.1, 0.15) is 0 Å². The molecule has 0 aliphatic heterocycles. The molecule has 0 radical (unpaired) electrons. The van der Waals surface area contributed by atoms with Crippen LogP contribution in [-0.4, -0.2) is 0 Å². The highest BCUT2D eigenvalue weighted by Gasteiger charge is 2.02. The predicted octanol–water partition coefficient (Wildman–Crippen LogP) is 15.3. The third-order valence-electron chi connectivity index (χ3n) is 8.91. The topological polar surface area (TPSA) is 9.23 Å². The highest BCUT2D eigenvalue weighted by Crippen LogP contribution is 2.19. The zero-order valence-electron chi connectivity index (χ0n) is 28.9. The van der Waals surface area contributed by atoms with Crippen molar-refractivity contribution in [3.63, 3.8) is 0 Å². The van der Waals surface area contributed by atoms with Crippen LogP contribution in [0.25, 0.3) is 0 Å². The van der Waals surface area contributed by atoms with Crippen LogP contribution in [-0.2, 0) is 4.74 Å². The highest BCUT2D eigenvalue weighted by molar-refractivity contribution is 4.93. The molecular formula is C40H78O. The van der Waals surface area contributed by atoms with Crippen molar-refractivity contribution in [2.75, 3.05) is 0 Å². The van der Waals surface area contributed by atoms with Gasteiger partial charge in [-0.3, -0.25) is 0 Å². The fraction of sp³-hybridized carbons (Fsp3) is 0.900. The average Bonchev–Trinajstić information content (AvgIpc) is 2.96. The van der Waals surface area contributed by atoms with Gasteiger partial charge in [-0.05, 0) is 12.8 Å². The summed E-state index contributed by atoms with van der Waals surface area (Å²) in [5.74, 6) is 1.86. The van der Waals surface area contributed by atoms with Crippen molar-refractivity contribution in [1.82, 2.24) is 0 Å². The minimum atomic E-state index is 0.928. The summed E-state index contributed by atoms with van der Waals surface area (Å²) in [7, 11) is 0. The SMILES string of the molecule is C=C(CCCCCCCCCCCCCCCCCC)OC(=C)CCCCCCCCCCCCCCCCCC. The van der Waals surface area contributed by atoms with E-state index in [0.29, 0.717) is 0 Å². The molecule has 0 saturated heterocycles. The molecule has 1 heteroatoms. The summed E-state index contributed by atoms with van der Waals surface area (Å²) >= 11 is 0. The van der Waals surface area contributed by atoms with Crippen LogP contribution < -0.4 is 0 Å². The second kappa shape index (κ2) is 35.5. The van der Waals surface area contributed by atoms with Gasteiger partial charge in [0.05, 0.1) is 11.5 Å². The van der Waals surface area contributed by atoms with E-state index in [1.54, 1.807) is 0 Å². The highest BCUT2D eigenvalue weighted by atomic mass is 16.5. The van der Waals surface area contributed by atoms with Crippen LogP contribution in [0.4, 0.5) is 0 Å².